The van der Waals surface area contributed by atoms with E-state index in [0.717, 1.165) is 17.7 Å². The van der Waals surface area contributed by atoms with Crippen molar-refractivity contribution in [3.05, 3.63) is 23.0 Å². The fourth-order valence-electron chi connectivity index (χ4n) is 3.32. The molecule has 0 saturated carbocycles. The number of anilines is 1. The summed E-state index contributed by atoms with van der Waals surface area (Å²) in [4.78, 5) is 38.4. The van der Waals surface area contributed by atoms with Gasteiger partial charge >= 0.3 is 5.97 Å². The van der Waals surface area contributed by atoms with Gasteiger partial charge in [-0.2, -0.15) is 0 Å². The van der Waals surface area contributed by atoms with Gasteiger partial charge < -0.3 is 9.74 Å². The fraction of sp³-hybridized carbons (Fsp3) is 0.632. The van der Waals surface area contributed by atoms with Gasteiger partial charge in [0.15, 0.2) is 0 Å². The number of piperazine rings is 1. The molecule has 8 heteroatoms. The van der Waals surface area contributed by atoms with Crippen LogP contribution in [0.5, 0.6) is 0 Å². The molecule has 1 aromatic rings. The molecule has 2 aliphatic rings. The molecule has 0 N–H and O–H groups in total. The van der Waals surface area contributed by atoms with Gasteiger partial charge in [0.2, 0.25) is 5.91 Å². The number of hydrogen-bond acceptors (Lipinski definition) is 6. The molecule has 0 bridgehead atoms. The third-order valence-corrected chi connectivity index (χ3v) is 5.15. The lowest BCUT2D eigenvalue weighted by atomic mass is 9.98. The highest BCUT2D eigenvalue weighted by molar-refractivity contribution is 6.29. The minimum atomic E-state index is -0.536. The Morgan fingerprint density at radius 3 is 2.70 bits per heavy atom. The van der Waals surface area contributed by atoms with Crippen molar-refractivity contribution < 1.29 is 14.4 Å². The van der Waals surface area contributed by atoms with E-state index in [-0.39, 0.29) is 17.9 Å². The van der Waals surface area contributed by atoms with Crippen LogP contribution in [0.2, 0.25) is 5.15 Å². The number of halogens is 1. The number of aromatic nitrogens is 1. The average Bonchev–Trinajstić information content (AvgIpc) is 2.99. The summed E-state index contributed by atoms with van der Waals surface area (Å²) in [5.74, 6) is -0.179. The maximum Gasteiger partial charge on any atom is 0.330 e. The minimum Gasteiger partial charge on any atom is -0.367 e. The van der Waals surface area contributed by atoms with Crippen molar-refractivity contribution in [3.63, 3.8) is 0 Å². The fourth-order valence-corrected chi connectivity index (χ4v) is 3.47. The number of hydrogen-bond donors (Lipinski definition) is 0. The summed E-state index contributed by atoms with van der Waals surface area (Å²) < 4.78 is 0. The van der Waals surface area contributed by atoms with Crippen LogP contribution in [-0.4, -0.2) is 65.6 Å². The zero-order valence-corrected chi connectivity index (χ0v) is 17.1. The summed E-state index contributed by atoms with van der Waals surface area (Å²) in [5, 5.41) is 2.13. The highest BCUT2D eigenvalue weighted by atomic mass is 35.5. The monoisotopic (exact) mass is 394 g/mol. The molecule has 1 saturated heterocycles. The molecular weight excluding hydrogens is 368 g/mol. The van der Waals surface area contributed by atoms with E-state index >= 15 is 0 Å². The Balaban J connectivity index is 1.56. The highest BCUT2D eigenvalue weighted by Gasteiger charge is 2.33. The SMILES string of the molecule is C[C@@H]1CN(CC(=O)N2CCc3cnc(Cl)cc32)CCN1OC(=O)C(C)(C)C. The molecule has 7 nitrogen and oxygen atoms in total. The van der Waals surface area contributed by atoms with E-state index in [4.69, 9.17) is 16.4 Å². The van der Waals surface area contributed by atoms with E-state index in [9.17, 15) is 9.59 Å². The molecule has 0 radical (unpaired) electrons. The van der Waals surface area contributed by atoms with Crippen LogP contribution in [0.25, 0.3) is 0 Å². The number of hydroxylamine groups is 2. The maximum absolute atomic E-state index is 12.8. The molecule has 1 amide bonds. The molecule has 0 aromatic carbocycles. The van der Waals surface area contributed by atoms with Crippen LogP contribution in [0.4, 0.5) is 5.69 Å². The number of pyridine rings is 1. The van der Waals surface area contributed by atoms with Gasteiger partial charge in [-0.3, -0.25) is 9.69 Å². The smallest absolute Gasteiger partial charge is 0.330 e. The number of nitrogens with zero attached hydrogens (tertiary/aromatic N) is 4. The maximum atomic E-state index is 12.8. The van der Waals surface area contributed by atoms with E-state index in [1.54, 1.807) is 22.2 Å². The largest absolute Gasteiger partial charge is 0.367 e. The second-order valence-electron chi connectivity index (χ2n) is 8.28. The molecule has 0 aliphatic carbocycles. The summed E-state index contributed by atoms with van der Waals surface area (Å²) in [6.07, 6.45) is 2.55. The average molecular weight is 395 g/mol. The molecule has 1 fully saturated rings. The lowest BCUT2D eigenvalue weighted by Gasteiger charge is -2.39. The first kappa shape index (κ1) is 20.0. The third-order valence-electron chi connectivity index (χ3n) is 4.95. The van der Waals surface area contributed by atoms with Crippen molar-refractivity contribution in [2.45, 2.75) is 40.2 Å². The Labute approximate surface area is 165 Å². The molecule has 2 aliphatic heterocycles. The predicted octanol–water partition coefficient (Wildman–Crippen LogP) is 2.13. The number of rotatable bonds is 3. The number of fused-ring (bicyclic) bond motifs is 1. The molecular formula is C19H27ClN4O3. The number of carbonyl (C=O) groups is 2. The zero-order chi connectivity index (χ0) is 19.8. The van der Waals surface area contributed by atoms with Crippen LogP contribution in [0.15, 0.2) is 12.3 Å². The van der Waals surface area contributed by atoms with Crippen molar-refractivity contribution in [1.82, 2.24) is 14.9 Å². The third kappa shape index (κ3) is 4.59. The first-order valence-electron chi connectivity index (χ1n) is 9.31. The van der Waals surface area contributed by atoms with E-state index in [1.165, 1.54) is 0 Å². The van der Waals surface area contributed by atoms with Gasteiger partial charge in [-0.15, -0.1) is 5.06 Å². The predicted molar refractivity (Wildman–Crippen MR) is 103 cm³/mol. The van der Waals surface area contributed by atoms with E-state index in [0.29, 0.717) is 37.9 Å². The van der Waals surface area contributed by atoms with Crippen molar-refractivity contribution in [2.75, 3.05) is 37.6 Å². The van der Waals surface area contributed by atoms with Gasteiger partial charge in [0.05, 0.1) is 23.7 Å². The minimum absolute atomic E-state index is 0.0300. The molecule has 0 unspecified atom stereocenters. The number of amides is 1. The van der Waals surface area contributed by atoms with Gasteiger partial charge in [0.1, 0.15) is 5.15 Å². The summed E-state index contributed by atoms with van der Waals surface area (Å²) in [6, 6.07) is 1.79. The Bertz CT molecular complexity index is 734. The lowest BCUT2D eigenvalue weighted by molar-refractivity contribution is -0.219. The van der Waals surface area contributed by atoms with Crippen molar-refractivity contribution in [1.29, 1.82) is 0 Å². The molecule has 3 heterocycles. The standard InChI is InChI=1S/C19H27ClN4O3/c1-13-11-22(7-8-24(13)27-18(26)19(2,3)4)12-17(25)23-6-5-14-10-21-16(20)9-15(14)23/h9-10,13H,5-8,11-12H2,1-4H3/t13-/m1/s1. The number of carbonyl (C=O) groups excluding carboxylic acids is 2. The van der Waals surface area contributed by atoms with Crippen LogP contribution in [0.1, 0.15) is 33.3 Å². The van der Waals surface area contributed by atoms with Gasteiger partial charge in [0.25, 0.3) is 0 Å². The van der Waals surface area contributed by atoms with Gasteiger partial charge in [-0.05, 0) is 45.7 Å². The van der Waals surface area contributed by atoms with Crippen LogP contribution < -0.4 is 4.90 Å². The summed E-state index contributed by atoms with van der Waals surface area (Å²) in [7, 11) is 0. The second kappa shape index (κ2) is 7.73. The second-order valence-corrected chi connectivity index (χ2v) is 8.67. The molecule has 1 atom stereocenters. The Kier molecular flexibility index (Phi) is 5.74. The Morgan fingerprint density at radius 2 is 2.04 bits per heavy atom. The summed E-state index contributed by atoms with van der Waals surface area (Å²) in [5.41, 5.74) is 1.39. The lowest BCUT2D eigenvalue weighted by Crippen LogP contribution is -2.55. The first-order valence-corrected chi connectivity index (χ1v) is 9.69. The van der Waals surface area contributed by atoms with Crippen LogP contribution in [0, 0.1) is 5.41 Å². The molecule has 148 valence electrons. The van der Waals surface area contributed by atoms with E-state index < -0.39 is 5.41 Å². The van der Waals surface area contributed by atoms with Crippen molar-refractivity contribution in [3.8, 4) is 0 Å². The van der Waals surface area contributed by atoms with Crippen molar-refractivity contribution >= 4 is 29.2 Å². The van der Waals surface area contributed by atoms with Gasteiger partial charge in [-0.1, -0.05) is 11.6 Å². The molecule has 0 spiro atoms. The summed E-state index contributed by atoms with van der Waals surface area (Å²) in [6.45, 7) is 10.4. The zero-order valence-electron chi connectivity index (χ0n) is 16.4. The van der Waals surface area contributed by atoms with Gasteiger partial charge in [-0.25, -0.2) is 9.78 Å². The molecule has 1 aromatic heterocycles. The highest BCUT2D eigenvalue weighted by Crippen LogP contribution is 2.29. The summed E-state index contributed by atoms with van der Waals surface area (Å²) >= 11 is 5.99. The van der Waals surface area contributed by atoms with E-state index in [1.807, 2.05) is 27.7 Å². The molecule has 27 heavy (non-hydrogen) atoms. The van der Waals surface area contributed by atoms with Crippen LogP contribution in [-0.2, 0) is 20.8 Å². The first-order chi connectivity index (χ1) is 12.6. The topological polar surface area (TPSA) is 66.0 Å². The Hall–Kier alpha value is -1.70. The quantitative estimate of drug-likeness (QED) is 0.732. The van der Waals surface area contributed by atoms with E-state index in [2.05, 4.69) is 9.88 Å². The molecule has 3 rings (SSSR count). The van der Waals surface area contributed by atoms with Crippen LogP contribution in [0.3, 0.4) is 0 Å². The van der Waals surface area contributed by atoms with Crippen LogP contribution >= 0.6 is 11.6 Å². The van der Waals surface area contributed by atoms with Gasteiger partial charge in [0, 0.05) is 32.4 Å². The normalized spacial score (nSPS) is 21.2. The Morgan fingerprint density at radius 1 is 1.30 bits per heavy atom. The van der Waals surface area contributed by atoms with Crippen molar-refractivity contribution in [2.24, 2.45) is 5.41 Å².